The maximum absolute atomic E-state index is 12.3. The first-order valence-corrected chi connectivity index (χ1v) is 8.53. The lowest BCUT2D eigenvalue weighted by atomic mass is 9.71. The SMILES string of the molecule is CC12CCC([C@H](OC(=O)C(O)Cc3ccc(O)c(O)c3)C1)C2(C)C. The second-order valence-electron chi connectivity index (χ2n) is 8.15. The number of phenolic OH excluding ortho intramolecular Hbond substituents is 2. The van der Waals surface area contributed by atoms with Crippen LogP contribution in [0.5, 0.6) is 11.5 Å². The van der Waals surface area contributed by atoms with Crippen LogP contribution in [-0.4, -0.2) is 33.5 Å². The number of fused-ring (bicyclic) bond motifs is 2. The minimum absolute atomic E-state index is 0.0463. The first-order chi connectivity index (χ1) is 11.1. The molecule has 132 valence electrons. The zero-order valence-electron chi connectivity index (χ0n) is 14.5. The van der Waals surface area contributed by atoms with E-state index in [9.17, 15) is 20.1 Å². The van der Waals surface area contributed by atoms with E-state index in [0.29, 0.717) is 11.5 Å². The Kier molecular flexibility index (Phi) is 4.03. The van der Waals surface area contributed by atoms with Gasteiger partial charge in [0, 0.05) is 12.3 Å². The van der Waals surface area contributed by atoms with Crippen LogP contribution in [0.3, 0.4) is 0 Å². The highest BCUT2D eigenvalue weighted by molar-refractivity contribution is 5.75. The molecule has 3 unspecified atom stereocenters. The van der Waals surface area contributed by atoms with E-state index in [1.165, 1.54) is 12.1 Å². The Bertz CT molecular complexity index is 650. The van der Waals surface area contributed by atoms with Crippen molar-refractivity contribution in [2.45, 2.75) is 58.7 Å². The molecule has 3 rings (SSSR count). The molecule has 24 heavy (non-hydrogen) atoms. The molecule has 2 aliphatic rings. The lowest BCUT2D eigenvalue weighted by molar-refractivity contribution is -0.162. The first-order valence-electron chi connectivity index (χ1n) is 8.53. The Morgan fingerprint density at radius 2 is 2.00 bits per heavy atom. The van der Waals surface area contributed by atoms with Crippen molar-refractivity contribution in [3.05, 3.63) is 23.8 Å². The van der Waals surface area contributed by atoms with E-state index in [0.717, 1.165) is 19.3 Å². The van der Waals surface area contributed by atoms with E-state index in [1.807, 2.05) is 0 Å². The van der Waals surface area contributed by atoms with Gasteiger partial charge in [-0.3, -0.25) is 0 Å². The van der Waals surface area contributed by atoms with Crippen molar-refractivity contribution in [3.63, 3.8) is 0 Å². The minimum atomic E-state index is -1.27. The highest BCUT2D eigenvalue weighted by Gasteiger charge is 2.61. The number of ether oxygens (including phenoxy) is 1. The fourth-order valence-electron chi connectivity index (χ4n) is 4.56. The molecule has 1 aromatic carbocycles. The molecule has 3 N–H and O–H groups in total. The summed E-state index contributed by atoms with van der Waals surface area (Å²) in [7, 11) is 0. The molecule has 0 amide bonds. The number of benzene rings is 1. The number of aliphatic hydroxyl groups is 1. The number of carbonyl (C=O) groups excluding carboxylic acids is 1. The van der Waals surface area contributed by atoms with Crippen molar-refractivity contribution in [3.8, 4) is 11.5 Å². The molecule has 2 aliphatic carbocycles. The summed E-state index contributed by atoms with van der Waals surface area (Å²) in [5.41, 5.74) is 0.900. The van der Waals surface area contributed by atoms with Gasteiger partial charge in [0.15, 0.2) is 17.6 Å². The predicted octanol–water partition coefficient (Wildman–Crippen LogP) is 2.76. The first kappa shape index (κ1) is 17.1. The molecule has 0 spiro atoms. The quantitative estimate of drug-likeness (QED) is 0.582. The Balaban J connectivity index is 1.62. The molecular formula is C19H26O5. The number of phenols is 2. The van der Waals surface area contributed by atoms with Crippen molar-refractivity contribution in [2.75, 3.05) is 0 Å². The highest BCUT2D eigenvalue weighted by Crippen LogP contribution is 2.66. The van der Waals surface area contributed by atoms with Crippen LogP contribution in [0.2, 0.25) is 0 Å². The van der Waals surface area contributed by atoms with Gasteiger partial charge in [-0.25, -0.2) is 4.79 Å². The van der Waals surface area contributed by atoms with E-state index >= 15 is 0 Å². The number of esters is 1. The van der Waals surface area contributed by atoms with Gasteiger partial charge >= 0.3 is 5.97 Å². The summed E-state index contributed by atoms with van der Waals surface area (Å²) < 4.78 is 5.63. The maximum atomic E-state index is 12.3. The highest BCUT2D eigenvalue weighted by atomic mass is 16.6. The minimum Gasteiger partial charge on any atom is -0.504 e. The topological polar surface area (TPSA) is 87.0 Å². The molecule has 5 heteroatoms. The van der Waals surface area contributed by atoms with Gasteiger partial charge in [0.05, 0.1) is 0 Å². The van der Waals surface area contributed by atoms with Crippen LogP contribution in [-0.2, 0) is 16.0 Å². The van der Waals surface area contributed by atoms with Crippen LogP contribution in [0, 0.1) is 16.7 Å². The summed E-state index contributed by atoms with van der Waals surface area (Å²) in [5, 5.41) is 28.9. The number of hydrogen-bond acceptors (Lipinski definition) is 5. The maximum Gasteiger partial charge on any atom is 0.335 e. The van der Waals surface area contributed by atoms with Crippen LogP contribution < -0.4 is 0 Å². The molecule has 1 aromatic rings. The fourth-order valence-corrected chi connectivity index (χ4v) is 4.56. The summed E-state index contributed by atoms with van der Waals surface area (Å²) in [5.74, 6) is -0.764. The Hall–Kier alpha value is -1.75. The summed E-state index contributed by atoms with van der Waals surface area (Å²) >= 11 is 0. The van der Waals surface area contributed by atoms with Crippen molar-refractivity contribution in [1.82, 2.24) is 0 Å². The standard InChI is InChI=1S/C19H26O5/c1-18(2)12-6-7-19(18,3)10-16(12)24-17(23)15(22)9-11-4-5-13(20)14(21)8-11/h4-5,8,12,15-16,20-22H,6-7,9-10H2,1-3H3/t12?,15?,16-,19?/m1/s1. The van der Waals surface area contributed by atoms with E-state index in [4.69, 9.17) is 4.74 Å². The molecule has 0 aromatic heterocycles. The zero-order valence-corrected chi connectivity index (χ0v) is 14.5. The average Bonchev–Trinajstić information content (AvgIpc) is 2.83. The van der Waals surface area contributed by atoms with Crippen LogP contribution >= 0.6 is 0 Å². The third kappa shape index (κ3) is 2.65. The largest absolute Gasteiger partial charge is 0.504 e. The van der Waals surface area contributed by atoms with Gasteiger partial charge in [-0.05, 0) is 47.8 Å². The normalized spacial score (nSPS) is 31.8. The van der Waals surface area contributed by atoms with Crippen molar-refractivity contribution >= 4 is 5.97 Å². The van der Waals surface area contributed by atoms with Crippen LogP contribution in [0.4, 0.5) is 0 Å². The number of rotatable bonds is 4. The number of carbonyl (C=O) groups is 1. The lowest BCUT2D eigenvalue weighted by Crippen LogP contribution is -2.33. The average molecular weight is 334 g/mol. The molecule has 0 heterocycles. The van der Waals surface area contributed by atoms with Gasteiger partial charge < -0.3 is 20.1 Å². The number of aliphatic hydroxyl groups excluding tert-OH is 1. The second-order valence-corrected chi connectivity index (χ2v) is 8.15. The second kappa shape index (κ2) is 5.66. The van der Waals surface area contributed by atoms with Gasteiger partial charge in [-0.2, -0.15) is 0 Å². The molecule has 2 bridgehead atoms. The molecule has 5 nitrogen and oxygen atoms in total. The Labute approximate surface area is 142 Å². The van der Waals surface area contributed by atoms with Crippen molar-refractivity contribution < 1.29 is 24.9 Å². The number of aromatic hydroxyl groups is 2. The van der Waals surface area contributed by atoms with Crippen LogP contribution in [0.25, 0.3) is 0 Å². The fraction of sp³-hybridized carbons (Fsp3) is 0.632. The van der Waals surface area contributed by atoms with Gasteiger partial charge in [0.1, 0.15) is 6.10 Å². The summed E-state index contributed by atoms with van der Waals surface area (Å²) in [6, 6.07) is 4.24. The lowest BCUT2D eigenvalue weighted by Gasteiger charge is -2.33. The Morgan fingerprint density at radius 3 is 2.54 bits per heavy atom. The van der Waals surface area contributed by atoms with E-state index < -0.39 is 12.1 Å². The number of hydrogen-bond donors (Lipinski definition) is 3. The molecule has 2 fully saturated rings. The predicted molar refractivity (Wildman–Crippen MR) is 88.6 cm³/mol. The van der Waals surface area contributed by atoms with Crippen molar-refractivity contribution in [1.29, 1.82) is 0 Å². The van der Waals surface area contributed by atoms with Crippen LogP contribution in [0.15, 0.2) is 18.2 Å². The van der Waals surface area contributed by atoms with Crippen LogP contribution in [0.1, 0.15) is 45.6 Å². The zero-order chi connectivity index (χ0) is 17.7. The van der Waals surface area contributed by atoms with E-state index in [2.05, 4.69) is 20.8 Å². The van der Waals surface area contributed by atoms with E-state index in [-0.39, 0.29) is 34.9 Å². The van der Waals surface area contributed by atoms with Gasteiger partial charge in [-0.1, -0.05) is 26.8 Å². The Morgan fingerprint density at radius 1 is 1.29 bits per heavy atom. The molecule has 4 atom stereocenters. The molecule has 2 saturated carbocycles. The van der Waals surface area contributed by atoms with Crippen molar-refractivity contribution in [2.24, 2.45) is 16.7 Å². The van der Waals surface area contributed by atoms with Gasteiger partial charge in [-0.15, -0.1) is 0 Å². The van der Waals surface area contributed by atoms with E-state index in [1.54, 1.807) is 6.07 Å². The summed E-state index contributed by atoms with van der Waals surface area (Å²) in [6.45, 7) is 6.75. The monoisotopic (exact) mass is 334 g/mol. The third-order valence-electron chi connectivity index (χ3n) is 6.60. The molecule has 0 saturated heterocycles. The summed E-state index contributed by atoms with van der Waals surface area (Å²) in [4.78, 5) is 12.3. The van der Waals surface area contributed by atoms with Gasteiger partial charge in [0.2, 0.25) is 0 Å². The molecule has 0 aliphatic heterocycles. The molecular weight excluding hydrogens is 308 g/mol. The summed E-state index contributed by atoms with van der Waals surface area (Å²) in [6.07, 6.45) is 1.71. The molecule has 0 radical (unpaired) electrons. The van der Waals surface area contributed by atoms with Gasteiger partial charge in [0.25, 0.3) is 0 Å². The third-order valence-corrected chi connectivity index (χ3v) is 6.60. The smallest absolute Gasteiger partial charge is 0.335 e.